The Hall–Kier alpha value is -1.42. The average molecular weight is 193 g/mol. The Balaban J connectivity index is 2.86. The molecule has 0 aromatic carbocycles. The highest BCUT2D eigenvalue weighted by Crippen LogP contribution is 2.14. The second-order valence-electron chi connectivity index (χ2n) is 2.76. The molecule has 1 unspecified atom stereocenters. The van der Waals surface area contributed by atoms with Gasteiger partial charge in [-0.3, -0.25) is 0 Å². The first-order valence-corrected chi connectivity index (χ1v) is 4.53. The minimum Gasteiger partial charge on any atom is -0.481 e. The van der Waals surface area contributed by atoms with Crippen LogP contribution in [0, 0.1) is 0 Å². The maximum atomic E-state index is 5.01. The van der Waals surface area contributed by atoms with Crippen LogP contribution in [0.4, 0.5) is 0 Å². The van der Waals surface area contributed by atoms with Gasteiger partial charge in [0.2, 0.25) is 5.88 Å². The van der Waals surface area contributed by atoms with Crippen molar-refractivity contribution in [2.24, 2.45) is 0 Å². The third-order valence-corrected chi connectivity index (χ3v) is 1.85. The van der Waals surface area contributed by atoms with Crippen molar-refractivity contribution in [2.75, 3.05) is 13.7 Å². The molecule has 0 amide bonds. The van der Waals surface area contributed by atoms with E-state index < -0.39 is 0 Å². The lowest BCUT2D eigenvalue weighted by Crippen LogP contribution is -2.19. The van der Waals surface area contributed by atoms with E-state index in [0.717, 1.165) is 12.2 Å². The number of hydrogen-bond acceptors (Lipinski definition) is 4. The van der Waals surface area contributed by atoms with E-state index in [-0.39, 0.29) is 6.04 Å². The summed E-state index contributed by atoms with van der Waals surface area (Å²) in [5.41, 5.74) is 0.869. The molecule has 1 atom stereocenters. The SMILES string of the molecule is C=CC(NCC)c1cc(OC)ncn1. The smallest absolute Gasteiger partial charge is 0.216 e. The molecule has 4 nitrogen and oxygen atoms in total. The molecule has 1 rings (SSSR count). The summed E-state index contributed by atoms with van der Waals surface area (Å²) in [5.74, 6) is 0.569. The Kier molecular flexibility index (Phi) is 4.07. The average Bonchev–Trinajstić information content (AvgIpc) is 2.26. The van der Waals surface area contributed by atoms with Gasteiger partial charge < -0.3 is 10.1 Å². The molecule has 14 heavy (non-hydrogen) atoms. The minimum atomic E-state index is 0.0527. The van der Waals surface area contributed by atoms with Gasteiger partial charge in [-0.15, -0.1) is 6.58 Å². The summed E-state index contributed by atoms with van der Waals surface area (Å²) in [7, 11) is 1.59. The molecule has 0 aliphatic rings. The molecule has 1 aromatic rings. The van der Waals surface area contributed by atoms with Crippen molar-refractivity contribution in [1.82, 2.24) is 15.3 Å². The molecule has 4 heteroatoms. The molecule has 1 N–H and O–H groups in total. The summed E-state index contributed by atoms with van der Waals surface area (Å²) in [6, 6.07) is 1.85. The first-order chi connectivity index (χ1) is 6.81. The molecule has 1 aromatic heterocycles. The number of ether oxygens (including phenoxy) is 1. The van der Waals surface area contributed by atoms with Gasteiger partial charge >= 0.3 is 0 Å². The molecule has 0 aliphatic carbocycles. The fourth-order valence-electron chi connectivity index (χ4n) is 1.16. The topological polar surface area (TPSA) is 47.0 Å². The highest BCUT2D eigenvalue weighted by Gasteiger charge is 2.08. The van der Waals surface area contributed by atoms with Gasteiger partial charge in [-0.05, 0) is 6.54 Å². The number of rotatable bonds is 5. The lowest BCUT2D eigenvalue weighted by molar-refractivity contribution is 0.395. The van der Waals surface area contributed by atoms with E-state index >= 15 is 0 Å². The fraction of sp³-hybridized carbons (Fsp3) is 0.400. The summed E-state index contributed by atoms with van der Waals surface area (Å²) in [6.07, 6.45) is 3.30. The Morgan fingerprint density at radius 1 is 1.64 bits per heavy atom. The van der Waals surface area contributed by atoms with Crippen LogP contribution in [0.3, 0.4) is 0 Å². The predicted octanol–water partition coefficient (Wildman–Crippen LogP) is 1.32. The van der Waals surface area contributed by atoms with Gasteiger partial charge in [0.25, 0.3) is 0 Å². The summed E-state index contributed by atoms with van der Waals surface area (Å²) in [5, 5.41) is 3.24. The molecule has 76 valence electrons. The number of nitrogens with one attached hydrogen (secondary N) is 1. The van der Waals surface area contributed by atoms with E-state index in [4.69, 9.17) is 4.74 Å². The molecule has 0 fully saturated rings. The van der Waals surface area contributed by atoms with Crippen molar-refractivity contribution in [2.45, 2.75) is 13.0 Å². The van der Waals surface area contributed by atoms with Gasteiger partial charge in [0, 0.05) is 6.07 Å². The Bertz CT molecular complexity index is 301. The van der Waals surface area contributed by atoms with Crippen molar-refractivity contribution in [1.29, 1.82) is 0 Å². The highest BCUT2D eigenvalue weighted by atomic mass is 16.5. The third-order valence-electron chi connectivity index (χ3n) is 1.85. The van der Waals surface area contributed by atoms with E-state index in [2.05, 4.69) is 21.9 Å². The Morgan fingerprint density at radius 3 is 3.00 bits per heavy atom. The minimum absolute atomic E-state index is 0.0527. The summed E-state index contributed by atoms with van der Waals surface area (Å²) in [4.78, 5) is 8.09. The number of aromatic nitrogens is 2. The Labute approximate surface area is 84.0 Å². The highest BCUT2D eigenvalue weighted by molar-refractivity contribution is 5.19. The van der Waals surface area contributed by atoms with Crippen LogP contribution in [0.15, 0.2) is 25.0 Å². The van der Waals surface area contributed by atoms with Crippen molar-refractivity contribution in [3.8, 4) is 5.88 Å². The van der Waals surface area contributed by atoms with E-state index in [1.807, 2.05) is 13.0 Å². The van der Waals surface area contributed by atoms with Gasteiger partial charge in [-0.25, -0.2) is 9.97 Å². The van der Waals surface area contributed by atoms with Gasteiger partial charge in [0.1, 0.15) is 6.33 Å². The quantitative estimate of drug-likeness (QED) is 0.716. The molecule has 0 saturated carbocycles. The molecule has 0 spiro atoms. The molecular weight excluding hydrogens is 178 g/mol. The van der Waals surface area contributed by atoms with E-state index in [1.165, 1.54) is 6.33 Å². The molecule has 0 radical (unpaired) electrons. The first-order valence-electron chi connectivity index (χ1n) is 4.53. The second kappa shape index (κ2) is 5.34. The monoisotopic (exact) mass is 193 g/mol. The zero-order valence-electron chi connectivity index (χ0n) is 8.53. The van der Waals surface area contributed by atoms with E-state index in [1.54, 1.807) is 13.2 Å². The largest absolute Gasteiger partial charge is 0.481 e. The summed E-state index contributed by atoms with van der Waals surface area (Å²) < 4.78 is 5.01. The molecule has 0 aliphatic heterocycles. The number of nitrogens with zero attached hydrogens (tertiary/aromatic N) is 2. The molecule has 0 bridgehead atoms. The molecule has 1 heterocycles. The van der Waals surface area contributed by atoms with Crippen LogP contribution in [0.2, 0.25) is 0 Å². The third kappa shape index (κ3) is 2.53. The van der Waals surface area contributed by atoms with Gasteiger partial charge in [0.05, 0.1) is 18.8 Å². The maximum absolute atomic E-state index is 5.01. The number of likely N-dealkylation sites (N-methyl/N-ethyl adjacent to an activating group) is 1. The van der Waals surface area contributed by atoms with Crippen LogP contribution in [-0.2, 0) is 0 Å². The van der Waals surface area contributed by atoms with Gasteiger partial charge in [-0.1, -0.05) is 13.0 Å². The van der Waals surface area contributed by atoms with Crippen LogP contribution >= 0.6 is 0 Å². The maximum Gasteiger partial charge on any atom is 0.216 e. The van der Waals surface area contributed by atoms with Crippen molar-refractivity contribution in [3.05, 3.63) is 30.7 Å². The van der Waals surface area contributed by atoms with Crippen LogP contribution in [0.25, 0.3) is 0 Å². The van der Waals surface area contributed by atoms with E-state index in [0.29, 0.717) is 5.88 Å². The zero-order chi connectivity index (χ0) is 10.4. The zero-order valence-corrected chi connectivity index (χ0v) is 8.53. The lowest BCUT2D eigenvalue weighted by Gasteiger charge is -2.12. The normalized spacial score (nSPS) is 12.1. The lowest BCUT2D eigenvalue weighted by atomic mass is 10.2. The van der Waals surface area contributed by atoms with Crippen molar-refractivity contribution < 1.29 is 4.74 Å². The van der Waals surface area contributed by atoms with Crippen molar-refractivity contribution in [3.63, 3.8) is 0 Å². The predicted molar refractivity (Wildman–Crippen MR) is 55.2 cm³/mol. The summed E-state index contributed by atoms with van der Waals surface area (Å²) >= 11 is 0. The van der Waals surface area contributed by atoms with Crippen molar-refractivity contribution >= 4 is 0 Å². The first kappa shape index (κ1) is 10.7. The van der Waals surface area contributed by atoms with E-state index in [9.17, 15) is 0 Å². The van der Waals surface area contributed by atoms with Crippen LogP contribution < -0.4 is 10.1 Å². The number of methoxy groups -OCH3 is 1. The second-order valence-corrected chi connectivity index (χ2v) is 2.76. The molecule has 0 saturated heterocycles. The number of hydrogen-bond donors (Lipinski definition) is 1. The van der Waals surface area contributed by atoms with Crippen LogP contribution in [-0.4, -0.2) is 23.6 Å². The van der Waals surface area contributed by atoms with Crippen LogP contribution in [0.1, 0.15) is 18.7 Å². The Morgan fingerprint density at radius 2 is 2.43 bits per heavy atom. The summed E-state index contributed by atoms with van der Waals surface area (Å²) in [6.45, 7) is 6.65. The molecular formula is C10H15N3O. The van der Waals surface area contributed by atoms with Gasteiger partial charge in [0.15, 0.2) is 0 Å². The van der Waals surface area contributed by atoms with Crippen LogP contribution in [0.5, 0.6) is 5.88 Å². The standard InChI is InChI=1S/C10H15N3O/c1-4-8(11-5-2)9-6-10(14-3)13-7-12-9/h4,6-8,11H,1,5H2,2-3H3. The fourth-order valence-corrected chi connectivity index (χ4v) is 1.16. The van der Waals surface area contributed by atoms with Gasteiger partial charge in [-0.2, -0.15) is 0 Å².